The molecule has 214 valence electrons. The van der Waals surface area contributed by atoms with E-state index in [1.165, 1.54) is 6.42 Å². The number of rotatable bonds is 9. The standard InChI is InChI=1S/C33H44N4O3/c1-5-36(6-2)25-16-17-27-29(20-25)40-31(22(3)4)33(39)37(30(27)32(38)35-24-12-8-7-9-13-24)19-18-23-21-34-28-15-11-10-14-26(23)28/h10-11,14-17,20-22,24,30-31,34H,5-9,12-13,18-19H2,1-4H3,(H,35,38). The Hall–Kier alpha value is -3.48. The van der Waals surface area contributed by atoms with Crippen molar-refractivity contribution >= 4 is 28.4 Å². The second-order valence-electron chi connectivity index (χ2n) is 11.6. The van der Waals surface area contributed by atoms with Gasteiger partial charge in [0.05, 0.1) is 0 Å². The van der Waals surface area contributed by atoms with E-state index in [2.05, 4.69) is 47.2 Å². The summed E-state index contributed by atoms with van der Waals surface area (Å²) < 4.78 is 6.51. The Kier molecular flexibility index (Phi) is 8.67. The Morgan fingerprint density at radius 3 is 2.58 bits per heavy atom. The normalized spacial score (nSPS) is 19.8. The number of para-hydroxylation sites is 1. The SMILES string of the molecule is CCN(CC)c1ccc2c(c1)OC(C(C)C)C(=O)N(CCc1c[nH]c3ccccc13)C2C(=O)NC1CCCCC1. The third kappa shape index (κ3) is 5.70. The number of hydrogen-bond donors (Lipinski definition) is 2. The first-order chi connectivity index (χ1) is 19.4. The second kappa shape index (κ2) is 12.4. The highest BCUT2D eigenvalue weighted by Gasteiger charge is 2.42. The minimum absolute atomic E-state index is 0.0480. The van der Waals surface area contributed by atoms with Gasteiger partial charge in [-0.05, 0) is 56.7 Å². The van der Waals surface area contributed by atoms with Crippen molar-refractivity contribution in [1.82, 2.24) is 15.2 Å². The van der Waals surface area contributed by atoms with E-state index in [0.717, 1.165) is 66.5 Å². The Balaban J connectivity index is 1.54. The molecule has 7 heteroatoms. The lowest BCUT2D eigenvalue weighted by Crippen LogP contribution is -2.50. The first-order valence-corrected chi connectivity index (χ1v) is 15.1. The van der Waals surface area contributed by atoms with Crippen LogP contribution in [0.5, 0.6) is 5.75 Å². The maximum atomic E-state index is 14.2. The van der Waals surface area contributed by atoms with Gasteiger partial charge < -0.3 is 24.8 Å². The van der Waals surface area contributed by atoms with Crippen molar-refractivity contribution in [2.24, 2.45) is 5.92 Å². The van der Waals surface area contributed by atoms with Crippen molar-refractivity contribution in [3.63, 3.8) is 0 Å². The summed E-state index contributed by atoms with van der Waals surface area (Å²) in [6, 6.07) is 13.7. The molecule has 40 heavy (non-hydrogen) atoms. The van der Waals surface area contributed by atoms with Gasteiger partial charge in [0.2, 0.25) is 5.91 Å². The molecule has 1 fully saturated rings. The van der Waals surface area contributed by atoms with E-state index < -0.39 is 12.1 Å². The number of nitrogens with zero attached hydrogens (tertiary/aromatic N) is 2. The lowest BCUT2D eigenvalue weighted by molar-refractivity contribution is -0.146. The molecule has 2 aromatic carbocycles. The molecule has 2 unspecified atom stereocenters. The van der Waals surface area contributed by atoms with E-state index in [4.69, 9.17) is 4.74 Å². The van der Waals surface area contributed by atoms with E-state index in [1.807, 2.05) is 44.3 Å². The van der Waals surface area contributed by atoms with Crippen molar-refractivity contribution in [2.45, 2.75) is 84.4 Å². The van der Waals surface area contributed by atoms with Gasteiger partial charge in [-0.1, -0.05) is 57.4 Å². The molecule has 2 N–H and O–H groups in total. The van der Waals surface area contributed by atoms with Gasteiger partial charge in [-0.3, -0.25) is 9.59 Å². The predicted molar refractivity (Wildman–Crippen MR) is 161 cm³/mol. The molecule has 5 rings (SSSR count). The quantitative estimate of drug-likeness (QED) is 0.347. The van der Waals surface area contributed by atoms with Crippen LogP contribution in [-0.4, -0.2) is 53.5 Å². The van der Waals surface area contributed by atoms with E-state index in [-0.39, 0.29) is 23.8 Å². The largest absolute Gasteiger partial charge is 0.480 e. The molecule has 0 bridgehead atoms. The van der Waals surface area contributed by atoms with E-state index in [1.54, 1.807) is 4.90 Å². The zero-order chi connectivity index (χ0) is 28.2. The number of carbonyl (C=O) groups excluding carboxylic acids is 2. The Morgan fingerprint density at radius 2 is 1.85 bits per heavy atom. The fourth-order valence-corrected chi connectivity index (χ4v) is 6.33. The summed E-state index contributed by atoms with van der Waals surface area (Å²) in [6.45, 7) is 10.4. The van der Waals surface area contributed by atoms with Crippen LogP contribution in [0.1, 0.15) is 77.0 Å². The molecule has 0 saturated heterocycles. The van der Waals surface area contributed by atoms with Gasteiger partial charge >= 0.3 is 0 Å². The van der Waals surface area contributed by atoms with Crippen molar-refractivity contribution in [1.29, 1.82) is 0 Å². The molecule has 2 heterocycles. The summed E-state index contributed by atoms with van der Waals surface area (Å²) in [7, 11) is 0. The van der Waals surface area contributed by atoms with Gasteiger partial charge in [0.15, 0.2) is 6.10 Å². The third-order valence-corrected chi connectivity index (χ3v) is 8.61. The lowest BCUT2D eigenvalue weighted by Gasteiger charge is -2.33. The van der Waals surface area contributed by atoms with E-state index >= 15 is 0 Å². The molecule has 2 atom stereocenters. The summed E-state index contributed by atoms with van der Waals surface area (Å²) in [4.78, 5) is 35.7. The van der Waals surface area contributed by atoms with Crippen LogP contribution < -0.4 is 15.0 Å². The minimum Gasteiger partial charge on any atom is -0.480 e. The number of carbonyl (C=O) groups is 2. The fraction of sp³-hybridized carbons (Fsp3) is 0.515. The van der Waals surface area contributed by atoms with Crippen LogP contribution >= 0.6 is 0 Å². The number of amides is 2. The van der Waals surface area contributed by atoms with Crippen LogP contribution in [0, 0.1) is 5.92 Å². The number of aromatic nitrogens is 1. The van der Waals surface area contributed by atoms with Crippen LogP contribution in [0.4, 0.5) is 5.69 Å². The lowest BCUT2D eigenvalue weighted by atomic mass is 9.94. The molecule has 0 radical (unpaired) electrons. The van der Waals surface area contributed by atoms with Crippen LogP contribution in [0.25, 0.3) is 10.9 Å². The minimum atomic E-state index is -0.746. The highest BCUT2D eigenvalue weighted by molar-refractivity contribution is 5.92. The van der Waals surface area contributed by atoms with Gasteiger partial charge in [0, 0.05) is 60.1 Å². The molecular formula is C33H44N4O3. The molecule has 2 aliphatic rings. The van der Waals surface area contributed by atoms with Crippen LogP contribution in [0.15, 0.2) is 48.7 Å². The maximum absolute atomic E-state index is 14.2. The molecule has 7 nitrogen and oxygen atoms in total. The molecule has 1 aliphatic carbocycles. The maximum Gasteiger partial charge on any atom is 0.264 e. The Morgan fingerprint density at radius 1 is 1.10 bits per heavy atom. The molecule has 1 aromatic heterocycles. The molecule has 0 spiro atoms. The molecule has 1 aliphatic heterocycles. The molecular weight excluding hydrogens is 500 g/mol. The summed E-state index contributed by atoms with van der Waals surface area (Å²) in [5.74, 6) is 0.353. The number of ether oxygens (including phenoxy) is 1. The van der Waals surface area contributed by atoms with Gasteiger partial charge in [0.1, 0.15) is 11.8 Å². The highest BCUT2D eigenvalue weighted by Crippen LogP contribution is 2.39. The molecule has 1 saturated carbocycles. The van der Waals surface area contributed by atoms with Crippen molar-refractivity contribution in [2.75, 3.05) is 24.5 Å². The number of aromatic amines is 1. The van der Waals surface area contributed by atoms with E-state index in [0.29, 0.717) is 18.7 Å². The van der Waals surface area contributed by atoms with Gasteiger partial charge in [-0.15, -0.1) is 0 Å². The summed E-state index contributed by atoms with van der Waals surface area (Å²) >= 11 is 0. The number of nitrogens with one attached hydrogen (secondary N) is 2. The monoisotopic (exact) mass is 544 g/mol. The van der Waals surface area contributed by atoms with Gasteiger partial charge in [-0.25, -0.2) is 0 Å². The zero-order valence-electron chi connectivity index (χ0n) is 24.4. The third-order valence-electron chi connectivity index (χ3n) is 8.61. The average Bonchev–Trinajstić information content (AvgIpc) is 3.32. The molecule has 3 aromatic rings. The second-order valence-corrected chi connectivity index (χ2v) is 11.6. The topological polar surface area (TPSA) is 77.7 Å². The van der Waals surface area contributed by atoms with Crippen LogP contribution in [0.2, 0.25) is 0 Å². The number of H-pyrrole nitrogens is 1. The number of benzene rings is 2. The van der Waals surface area contributed by atoms with Crippen LogP contribution in [-0.2, 0) is 16.0 Å². The first-order valence-electron chi connectivity index (χ1n) is 15.1. The summed E-state index contributed by atoms with van der Waals surface area (Å²) in [6.07, 6.45) is 7.43. The van der Waals surface area contributed by atoms with Crippen molar-refractivity contribution < 1.29 is 14.3 Å². The number of fused-ring (bicyclic) bond motifs is 2. The number of anilines is 1. The highest BCUT2D eigenvalue weighted by atomic mass is 16.5. The first kappa shape index (κ1) is 28.1. The summed E-state index contributed by atoms with van der Waals surface area (Å²) in [5.41, 5.74) is 4.01. The smallest absolute Gasteiger partial charge is 0.264 e. The van der Waals surface area contributed by atoms with Gasteiger partial charge in [-0.2, -0.15) is 0 Å². The van der Waals surface area contributed by atoms with Crippen molar-refractivity contribution in [3.05, 3.63) is 59.8 Å². The van der Waals surface area contributed by atoms with Crippen LogP contribution in [0.3, 0.4) is 0 Å². The van der Waals surface area contributed by atoms with Crippen molar-refractivity contribution in [3.8, 4) is 5.75 Å². The fourth-order valence-electron chi connectivity index (χ4n) is 6.33. The molecule has 2 amide bonds. The Labute approximate surface area is 238 Å². The zero-order valence-corrected chi connectivity index (χ0v) is 24.4. The summed E-state index contributed by atoms with van der Waals surface area (Å²) in [5, 5.41) is 4.48. The number of hydrogen-bond acceptors (Lipinski definition) is 4. The van der Waals surface area contributed by atoms with E-state index in [9.17, 15) is 9.59 Å². The predicted octanol–water partition coefficient (Wildman–Crippen LogP) is 5.99. The Bertz CT molecular complexity index is 1320. The average molecular weight is 545 g/mol. The van der Waals surface area contributed by atoms with Gasteiger partial charge in [0.25, 0.3) is 5.91 Å².